The second-order valence-electron chi connectivity index (χ2n) is 3.57. The van der Waals surface area contributed by atoms with Crippen molar-refractivity contribution in [2.24, 2.45) is 0 Å². The van der Waals surface area contributed by atoms with Gasteiger partial charge in [-0.05, 0) is 19.4 Å². The lowest BCUT2D eigenvalue weighted by atomic mass is 10.1. The smallest absolute Gasteiger partial charge is 0.212 e. The molecule has 16 heavy (non-hydrogen) atoms. The van der Waals surface area contributed by atoms with Crippen LogP contribution in [0.4, 0.5) is 0 Å². The first-order chi connectivity index (χ1) is 7.63. The number of carbonyl (C=O) groups is 2. The Morgan fingerprint density at radius 2 is 2.06 bits per heavy atom. The van der Waals surface area contributed by atoms with Gasteiger partial charge in [0.15, 0.2) is 5.78 Å². The highest BCUT2D eigenvalue weighted by Crippen LogP contribution is 2.10. The Morgan fingerprint density at radius 3 is 2.56 bits per heavy atom. The highest BCUT2D eigenvalue weighted by atomic mass is 16.5. The highest BCUT2D eigenvalue weighted by Gasteiger charge is 2.06. The number of hydrogen-bond acceptors (Lipinski definition) is 4. The first-order valence-corrected chi connectivity index (χ1v) is 5.16. The minimum atomic E-state index is 0.0106. The van der Waals surface area contributed by atoms with E-state index >= 15 is 0 Å². The minimum absolute atomic E-state index is 0.0106. The van der Waals surface area contributed by atoms with Crippen LogP contribution in [0.1, 0.15) is 36.5 Å². The van der Waals surface area contributed by atoms with Crippen molar-refractivity contribution in [2.75, 3.05) is 7.11 Å². The van der Waals surface area contributed by atoms with Crippen molar-refractivity contribution in [1.82, 2.24) is 4.98 Å². The van der Waals surface area contributed by atoms with Crippen LogP contribution >= 0.6 is 0 Å². The number of aromatic nitrogens is 1. The number of hydrogen-bond donors (Lipinski definition) is 0. The van der Waals surface area contributed by atoms with E-state index < -0.39 is 0 Å². The molecule has 0 aliphatic heterocycles. The Kier molecular flexibility index (Phi) is 4.64. The SMILES string of the molecule is COc1ccc(C(=O)CCCC(C)=O)cn1. The zero-order valence-electron chi connectivity index (χ0n) is 9.53. The van der Waals surface area contributed by atoms with Crippen molar-refractivity contribution in [2.45, 2.75) is 26.2 Å². The lowest BCUT2D eigenvalue weighted by Gasteiger charge is -2.01. The molecule has 0 saturated heterocycles. The van der Waals surface area contributed by atoms with Crippen LogP contribution in [0.15, 0.2) is 18.3 Å². The average molecular weight is 221 g/mol. The van der Waals surface area contributed by atoms with E-state index in [9.17, 15) is 9.59 Å². The fourth-order valence-corrected chi connectivity index (χ4v) is 1.31. The van der Waals surface area contributed by atoms with Crippen molar-refractivity contribution in [3.8, 4) is 5.88 Å². The largest absolute Gasteiger partial charge is 0.481 e. The van der Waals surface area contributed by atoms with Crippen molar-refractivity contribution in [3.05, 3.63) is 23.9 Å². The predicted octanol–water partition coefficient (Wildman–Crippen LogP) is 2.03. The lowest BCUT2D eigenvalue weighted by molar-refractivity contribution is -0.117. The van der Waals surface area contributed by atoms with Crippen LogP contribution in [0.5, 0.6) is 5.88 Å². The minimum Gasteiger partial charge on any atom is -0.481 e. The van der Waals surface area contributed by atoms with E-state index in [-0.39, 0.29) is 11.6 Å². The number of methoxy groups -OCH3 is 1. The second kappa shape index (κ2) is 6.00. The van der Waals surface area contributed by atoms with Gasteiger partial charge in [0.2, 0.25) is 5.88 Å². The Balaban J connectivity index is 2.49. The number of pyridine rings is 1. The molecule has 0 aliphatic carbocycles. The summed E-state index contributed by atoms with van der Waals surface area (Å²) in [4.78, 5) is 26.3. The first-order valence-electron chi connectivity index (χ1n) is 5.16. The predicted molar refractivity (Wildman–Crippen MR) is 59.7 cm³/mol. The van der Waals surface area contributed by atoms with Gasteiger partial charge in [0.05, 0.1) is 7.11 Å². The van der Waals surface area contributed by atoms with Crippen LogP contribution < -0.4 is 4.74 Å². The van der Waals surface area contributed by atoms with Crippen LogP contribution in [0.3, 0.4) is 0 Å². The Labute approximate surface area is 94.6 Å². The first kappa shape index (κ1) is 12.4. The lowest BCUT2D eigenvalue weighted by Crippen LogP contribution is -2.01. The molecule has 86 valence electrons. The van der Waals surface area contributed by atoms with Crippen LogP contribution in [0.2, 0.25) is 0 Å². The van der Waals surface area contributed by atoms with E-state index in [1.54, 1.807) is 12.1 Å². The zero-order valence-corrected chi connectivity index (χ0v) is 9.53. The summed E-state index contributed by atoms with van der Waals surface area (Å²) in [7, 11) is 1.52. The molecule has 1 rings (SSSR count). The van der Waals surface area contributed by atoms with Crippen molar-refractivity contribution >= 4 is 11.6 Å². The molecule has 0 aliphatic rings. The summed E-state index contributed by atoms with van der Waals surface area (Å²) >= 11 is 0. The Morgan fingerprint density at radius 1 is 1.31 bits per heavy atom. The molecule has 0 saturated carbocycles. The maximum atomic E-state index is 11.6. The van der Waals surface area contributed by atoms with Gasteiger partial charge in [-0.25, -0.2) is 4.98 Å². The standard InChI is InChI=1S/C12H15NO3/c1-9(14)4-3-5-11(15)10-6-7-12(16-2)13-8-10/h6-8H,3-5H2,1-2H3. The van der Waals surface area contributed by atoms with Gasteiger partial charge in [-0.15, -0.1) is 0 Å². The molecule has 4 nitrogen and oxygen atoms in total. The van der Waals surface area contributed by atoms with Gasteiger partial charge in [0, 0.05) is 30.7 Å². The average Bonchev–Trinajstić information content (AvgIpc) is 2.28. The van der Waals surface area contributed by atoms with E-state index in [1.165, 1.54) is 20.2 Å². The molecule has 0 amide bonds. The third-order valence-corrected chi connectivity index (χ3v) is 2.20. The zero-order chi connectivity index (χ0) is 12.0. The fraction of sp³-hybridized carbons (Fsp3) is 0.417. The van der Waals surface area contributed by atoms with Gasteiger partial charge in [-0.3, -0.25) is 4.79 Å². The molecule has 4 heteroatoms. The Bertz CT molecular complexity index is 370. The van der Waals surface area contributed by atoms with Crippen LogP contribution in [-0.2, 0) is 4.79 Å². The van der Waals surface area contributed by atoms with Crippen LogP contribution in [0, 0.1) is 0 Å². The molecule has 0 aromatic carbocycles. The molecular weight excluding hydrogens is 206 g/mol. The number of rotatable bonds is 6. The summed E-state index contributed by atoms with van der Waals surface area (Å²) in [6.07, 6.45) is 2.93. The molecule has 0 unspecified atom stereocenters. The molecule has 0 N–H and O–H groups in total. The third-order valence-electron chi connectivity index (χ3n) is 2.20. The van der Waals surface area contributed by atoms with Crippen molar-refractivity contribution in [3.63, 3.8) is 0 Å². The van der Waals surface area contributed by atoms with Gasteiger partial charge in [0.1, 0.15) is 5.78 Å². The summed E-state index contributed by atoms with van der Waals surface area (Å²) in [5, 5.41) is 0. The quantitative estimate of drug-likeness (QED) is 0.690. The summed E-state index contributed by atoms with van der Waals surface area (Å²) in [6.45, 7) is 1.53. The number of nitrogens with zero attached hydrogens (tertiary/aromatic N) is 1. The molecule has 0 spiro atoms. The van der Waals surface area contributed by atoms with Gasteiger partial charge in [0.25, 0.3) is 0 Å². The number of ether oxygens (including phenoxy) is 1. The number of ketones is 2. The molecule has 1 heterocycles. The number of carbonyl (C=O) groups excluding carboxylic acids is 2. The van der Waals surface area contributed by atoms with E-state index in [1.807, 2.05) is 0 Å². The van der Waals surface area contributed by atoms with Gasteiger partial charge >= 0.3 is 0 Å². The van der Waals surface area contributed by atoms with Gasteiger partial charge in [-0.2, -0.15) is 0 Å². The van der Waals surface area contributed by atoms with Crippen LogP contribution in [0.25, 0.3) is 0 Å². The summed E-state index contributed by atoms with van der Waals surface area (Å²) in [5.41, 5.74) is 0.560. The van der Waals surface area contributed by atoms with E-state index in [0.29, 0.717) is 30.7 Å². The highest BCUT2D eigenvalue weighted by molar-refractivity contribution is 5.96. The third kappa shape index (κ3) is 3.81. The van der Waals surface area contributed by atoms with Crippen LogP contribution in [-0.4, -0.2) is 23.7 Å². The molecule has 0 atom stereocenters. The monoisotopic (exact) mass is 221 g/mol. The normalized spacial score (nSPS) is 9.88. The Hall–Kier alpha value is -1.71. The van der Waals surface area contributed by atoms with Gasteiger partial charge < -0.3 is 9.53 Å². The summed E-state index contributed by atoms with van der Waals surface area (Å²) in [5.74, 6) is 0.609. The molecule has 0 radical (unpaired) electrons. The second-order valence-corrected chi connectivity index (χ2v) is 3.57. The van der Waals surface area contributed by atoms with E-state index in [4.69, 9.17) is 4.74 Å². The van der Waals surface area contributed by atoms with Crippen molar-refractivity contribution < 1.29 is 14.3 Å². The molecule has 0 fully saturated rings. The molecule has 0 bridgehead atoms. The number of Topliss-reactive ketones (excluding diaryl/α,β-unsaturated/α-hetero) is 2. The van der Waals surface area contributed by atoms with E-state index in [0.717, 1.165) is 0 Å². The van der Waals surface area contributed by atoms with Crippen molar-refractivity contribution in [1.29, 1.82) is 0 Å². The molecule has 1 aromatic rings. The summed E-state index contributed by atoms with van der Waals surface area (Å²) in [6, 6.07) is 3.33. The van der Waals surface area contributed by atoms with E-state index in [2.05, 4.69) is 4.98 Å². The molecule has 1 aromatic heterocycles. The maximum Gasteiger partial charge on any atom is 0.212 e. The molecular formula is C12H15NO3. The maximum absolute atomic E-state index is 11.6. The fourth-order valence-electron chi connectivity index (χ4n) is 1.31. The van der Waals surface area contributed by atoms with Gasteiger partial charge in [-0.1, -0.05) is 0 Å². The topological polar surface area (TPSA) is 56.3 Å². The summed E-state index contributed by atoms with van der Waals surface area (Å²) < 4.78 is 4.89.